The van der Waals surface area contributed by atoms with E-state index in [1.807, 2.05) is 19.2 Å². The van der Waals surface area contributed by atoms with Crippen LogP contribution in [-0.2, 0) is 4.79 Å². The molecule has 2 aromatic heterocycles. The third kappa shape index (κ3) is 4.78. The Labute approximate surface area is 210 Å². The fourth-order valence-electron chi connectivity index (χ4n) is 4.49. The van der Waals surface area contributed by atoms with Crippen molar-refractivity contribution in [1.29, 1.82) is 0 Å². The van der Waals surface area contributed by atoms with Gasteiger partial charge >= 0.3 is 0 Å². The number of primary amides is 1. The van der Waals surface area contributed by atoms with Crippen molar-refractivity contribution in [2.24, 2.45) is 11.7 Å². The van der Waals surface area contributed by atoms with Crippen LogP contribution in [-0.4, -0.2) is 62.3 Å². The van der Waals surface area contributed by atoms with Crippen LogP contribution in [0.4, 0.5) is 15.8 Å². The van der Waals surface area contributed by atoms with Crippen molar-refractivity contribution >= 4 is 40.1 Å². The number of H-pyrrole nitrogens is 1. The highest BCUT2D eigenvalue weighted by Gasteiger charge is 2.27. The fourth-order valence-corrected chi connectivity index (χ4v) is 4.49. The molecule has 4 aromatic rings. The molecule has 3 heterocycles. The first-order chi connectivity index (χ1) is 17.8. The molecule has 190 valence electrons. The number of anilines is 2. The summed E-state index contributed by atoms with van der Waals surface area (Å²) in [7, 11) is 1.94. The molecule has 1 unspecified atom stereocenters. The molecule has 3 amide bonds. The Balaban J connectivity index is 1.38. The van der Waals surface area contributed by atoms with E-state index in [2.05, 4.69) is 30.5 Å². The van der Waals surface area contributed by atoms with Crippen LogP contribution in [0.2, 0.25) is 0 Å². The Morgan fingerprint density at radius 2 is 1.86 bits per heavy atom. The van der Waals surface area contributed by atoms with Crippen LogP contribution >= 0.6 is 0 Å². The van der Waals surface area contributed by atoms with Gasteiger partial charge in [-0.3, -0.25) is 19.0 Å². The van der Waals surface area contributed by atoms with Gasteiger partial charge in [0.2, 0.25) is 11.9 Å². The van der Waals surface area contributed by atoms with Crippen LogP contribution in [0.15, 0.2) is 48.8 Å². The molecule has 37 heavy (non-hydrogen) atoms. The largest absolute Gasteiger partial charge is 0.364 e. The van der Waals surface area contributed by atoms with Crippen LogP contribution < -0.4 is 16.4 Å². The van der Waals surface area contributed by atoms with Gasteiger partial charge in [-0.15, -0.1) is 0 Å². The van der Waals surface area contributed by atoms with E-state index in [0.29, 0.717) is 17.6 Å². The van der Waals surface area contributed by atoms with E-state index in [9.17, 15) is 14.4 Å². The molecule has 0 bridgehead atoms. The highest BCUT2D eigenvalue weighted by Crippen LogP contribution is 2.25. The minimum Gasteiger partial charge on any atom is -0.364 e. The summed E-state index contributed by atoms with van der Waals surface area (Å²) >= 11 is 0. The molecule has 1 fully saturated rings. The van der Waals surface area contributed by atoms with Gasteiger partial charge in [0.05, 0.1) is 28.3 Å². The summed E-state index contributed by atoms with van der Waals surface area (Å²) in [5.41, 5.74) is 6.17. The number of imidazole rings is 2. The smallest absolute Gasteiger partial charge is 0.276 e. The normalized spacial score (nSPS) is 16.0. The number of aromatic amines is 1. The van der Waals surface area contributed by atoms with Crippen molar-refractivity contribution in [1.82, 2.24) is 24.4 Å². The molecule has 0 aliphatic carbocycles. The van der Waals surface area contributed by atoms with E-state index < -0.39 is 17.6 Å². The van der Waals surface area contributed by atoms with Gasteiger partial charge in [-0.1, -0.05) is 18.2 Å². The van der Waals surface area contributed by atoms with Crippen molar-refractivity contribution in [2.45, 2.75) is 12.8 Å². The zero-order valence-electron chi connectivity index (χ0n) is 20.0. The number of piperidine rings is 1. The summed E-state index contributed by atoms with van der Waals surface area (Å²) in [5, 5.41) is 5.05. The van der Waals surface area contributed by atoms with Crippen LogP contribution in [0.3, 0.4) is 0 Å². The van der Waals surface area contributed by atoms with Gasteiger partial charge in [-0.2, -0.15) is 0 Å². The Morgan fingerprint density at radius 1 is 1.11 bits per heavy atom. The number of likely N-dealkylation sites (tertiary alicyclic amines) is 1. The van der Waals surface area contributed by atoms with Gasteiger partial charge in [-0.25, -0.2) is 14.4 Å². The summed E-state index contributed by atoms with van der Waals surface area (Å²) < 4.78 is 16.5. The number of rotatable bonds is 6. The van der Waals surface area contributed by atoms with Crippen molar-refractivity contribution in [2.75, 3.05) is 30.8 Å². The maximum Gasteiger partial charge on any atom is 0.276 e. The van der Waals surface area contributed by atoms with E-state index in [-0.39, 0.29) is 40.5 Å². The third-order valence-corrected chi connectivity index (χ3v) is 6.32. The van der Waals surface area contributed by atoms with Gasteiger partial charge in [0.15, 0.2) is 11.5 Å². The number of aromatic nitrogens is 4. The number of amides is 3. The van der Waals surface area contributed by atoms with Crippen LogP contribution in [0.25, 0.3) is 17.0 Å². The number of hydrogen-bond donors (Lipinski definition) is 4. The van der Waals surface area contributed by atoms with Gasteiger partial charge in [0.1, 0.15) is 12.0 Å². The lowest BCUT2D eigenvalue weighted by atomic mass is 9.97. The Morgan fingerprint density at radius 3 is 2.59 bits per heavy atom. The predicted octanol–water partition coefficient (Wildman–Crippen LogP) is 2.52. The number of nitrogens with one attached hydrogen (secondary N) is 3. The SMILES string of the molecule is CN1CCCC(C(=O)Nc2cccc(NC(=O)c3ncn(-c4nc5ccccc5[nH]4)c3C(N)=O)c2F)C1. The van der Waals surface area contributed by atoms with E-state index in [1.54, 1.807) is 12.1 Å². The summed E-state index contributed by atoms with van der Waals surface area (Å²) in [6.45, 7) is 1.51. The van der Waals surface area contributed by atoms with Crippen LogP contribution in [0.5, 0.6) is 0 Å². The van der Waals surface area contributed by atoms with Crippen molar-refractivity contribution in [3.63, 3.8) is 0 Å². The molecule has 0 spiro atoms. The lowest BCUT2D eigenvalue weighted by Gasteiger charge is -2.28. The highest BCUT2D eigenvalue weighted by molar-refractivity contribution is 6.10. The standard InChI is InChI=1S/C25H25FN8O3/c1-33-11-5-6-14(12-33)23(36)29-17-9-4-10-18(19(17)26)30-24(37)20-21(22(27)35)34(13-28-20)25-31-15-7-2-3-8-16(15)32-25/h2-4,7-10,13-14H,5-6,11-12H2,1H3,(H2,27,35)(H,29,36)(H,30,37)(H,31,32). The van der Waals surface area contributed by atoms with Crippen molar-refractivity contribution in [3.8, 4) is 5.95 Å². The second-order valence-electron chi connectivity index (χ2n) is 8.97. The second kappa shape index (κ2) is 9.82. The molecule has 1 saturated heterocycles. The molecule has 0 radical (unpaired) electrons. The Bertz CT molecular complexity index is 1480. The average Bonchev–Trinajstić information content (AvgIpc) is 3.51. The molecular weight excluding hydrogens is 479 g/mol. The summed E-state index contributed by atoms with van der Waals surface area (Å²) in [4.78, 5) is 51.5. The monoisotopic (exact) mass is 504 g/mol. The lowest BCUT2D eigenvalue weighted by molar-refractivity contribution is -0.121. The van der Waals surface area contributed by atoms with E-state index in [4.69, 9.17) is 5.73 Å². The molecule has 12 heteroatoms. The van der Waals surface area contributed by atoms with E-state index >= 15 is 4.39 Å². The Kier molecular flexibility index (Phi) is 6.40. The molecule has 5 rings (SSSR count). The van der Waals surface area contributed by atoms with E-state index in [0.717, 1.165) is 19.4 Å². The second-order valence-corrected chi connectivity index (χ2v) is 8.97. The number of halogens is 1. The molecule has 11 nitrogen and oxygen atoms in total. The zero-order chi connectivity index (χ0) is 26.1. The quantitative estimate of drug-likeness (QED) is 0.317. The number of fused-ring (bicyclic) bond motifs is 1. The van der Waals surface area contributed by atoms with Gasteiger partial charge in [0.25, 0.3) is 11.8 Å². The first kappa shape index (κ1) is 24.1. The van der Waals surface area contributed by atoms with Crippen molar-refractivity contribution < 1.29 is 18.8 Å². The molecule has 2 aromatic carbocycles. The number of para-hydroxylation sites is 2. The number of benzene rings is 2. The first-order valence-corrected chi connectivity index (χ1v) is 11.7. The molecular formula is C25H25FN8O3. The summed E-state index contributed by atoms with van der Waals surface area (Å²) in [5.74, 6) is -2.87. The third-order valence-electron chi connectivity index (χ3n) is 6.32. The number of carbonyl (C=O) groups excluding carboxylic acids is 3. The highest BCUT2D eigenvalue weighted by atomic mass is 19.1. The van der Waals surface area contributed by atoms with Gasteiger partial charge in [-0.05, 0) is 50.7 Å². The minimum atomic E-state index is -0.915. The first-order valence-electron chi connectivity index (χ1n) is 11.7. The molecule has 1 atom stereocenters. The number of hydrogen-bond acceptors (Lipinski definition) is 6. The minimum absolute atomic E-state index is 0.0565. The molecule has 1 aliphatic heterocycles. The fraction of sp³-hybridized carbons (Fsp3) is 0.240. The molecule has 1 aliphatic rings. The summed E-state index contributed by atoms with van der Waals surface area (Å²) in [6, 6.07) is 11.5. The predicted molar refractivity (Wildman–Crippen MR) is 135 cm³/mol. The topological polar surface area (TPSA) is 151 Å². The van der Waals surface area contributed by atoms with E-state index in [1.165, 1.54) is 29.1 Å². The van der Waals surface area contributed by atoms with Gasteiger partial charge < -0.3 is 26.3 Å². The Hall–Kier alpha value is -4.58. The lowest BCUT2D eigenvalue weighted by Crippen LogP contribution is -2.38. The van der Waals surface area contributed by atoms with Crippen LogP contribution in [0.1, 0.15) is 33.8 Å². The van der Waals surface area contributed by atoms with Crippen molar-refractivity contribution in [3.05, 3.63) is 66.0 Å². The molecule has 5 N–H and O–H groups in total. The summed E-state index contributed by atoms with van der Waals surface area (Å²) in [6.07, 6.45) is 2.84. The zero-order valence-corrected chi connectivity index (χ0v) is 20.0. The number of nitrogens with zero attached hydrogens (tertiary/aromatic N) is 4. The maximum absolute atomic E-state index is 15.2. The maximum atomic E-state index is 15.2. The number of carbonyl (C=O) groups is 3. The average molecular weight is 505 g/mol. The number of nitrogens with two attached hydrogens (primary N) is 1. The van der Waals surface area contributed by atoms with Crippen LogP contribution in [0, 0.1) is 11.7 Å². The molecule has 0 saturated carbocycles. The van der Waals surface area contributed by atoms with Gasteiger partial charge in [0, 0.05) is 6.54 Å².